The van der Waals surface area contributed by atoms with Crippen LogP contribution >= 0.6 is 0 Å². The van der Waals surface area contributed by atoms with Gasteiger partial charge in [-0.2, -0.15) is 5.26 Å². The average molecular weight is 274 g/mol. The highest BCUT2D eigenvalue weighted by atomic mass is 16.5. The maximum absolute atomic E-state index is 12.0. The molecule has 20 heavy (non-hydrogen) atoms. The van der Waals surface area contributed by atoms with E-state index in [2.05, 4.69) is 11.4 Å². The van der Waals surface area contributed by atoms with Crippen molar-refractivity contribution in [2.75, 3.05) is 0 Å². The highest BCUT2D eigenvalue weighted by Crippen LogP contribution is 2.20. The zero-order valence-corrected chi connectivity index (χ0v) is 12.6. The molecule has 0 aliphatic rings. The number of nitrogens with zero attached hydrogens (tertiary/aromatic N) is 1. The minimum Gasteiger partial charge on any atom is -0.481 e. The zero-order valence-electron chi connectivity index (χ0n) is 12.6. The Morgan fingerprint density at radius 1 is 1.40 bits per heavy atom. The van der Waals surface area contributed by atoms with E-state index >= 15 is 0 Å². The van der Waals surface area contributed by atoms with Gasteiger partial charge in [-0.15, -0.1) is 0 Å². The first-order valence-corrected chi connectivity index (χ1v) is 6.99. The molecule has 0 aliphatic carbocycles. The Labute approximate surface area is 120 Å². The van der Waals surface area contributed by atoms with Gasteiger partial charge in [0, 0.05) is 6.04 Å². The van der Waals surface area contributed by atoms with Crippen LogP contribution in [-0.2, 0) is 4.79 Å². The Morgan fingerprint density at radius 2 is 2.05 bits per heavy atom. The average Bonchev–Trinajstić information content (AvgIpc) is 2.46. The van der Waals surface area contributed by atoms with Crippen LogP contribution in [0.4, 0.5) is 0 Å². The first-order valence-electron chi connectivity index (χ1n) is 6.99. The van der Waals surface area contributed by atoms with Gasteiger partial charge >= 0.3 is 0 Å². The minimum absolute atomic E-state index is 0.125. The topological polar surface area (TPSA) is 62.1 Å². The summed E-state index contributed by atoms with van der Waals surface area (Å²) in [5, 5.41) is 11.8. The van der Waals surface area contributed by atoms with Crippen molar-refractivity contribution in [1.82, 2.24) is 5.32 Å². The van der Waals surface area contributed by atoms with E-state index in [4.69, 9.17) is 10.00 Å². The number of ether oxygens (including phenoxy) is 1. The third-order valence-electron chi connectivity index (χ3n) is 3.32. The van der Waals surface area contributed by atoms with E-state index in [0.717, 1.165) is 18.4 Å². The first-order chi connectivity index (χ1) is 9.51. The van der Waals surface area contributed by atoms with Crippen LogP contribution in [0.2, 0.25) is 0 Å². The maximum Gasteiger partial charge on any atom is 0.260 e. The molecule has 1 N–H and O–H groups in total. The van der Waals surface area contributed by atoms with E-state index in [1.54, 1.807) is 19.1 Å². The van der Waals surface area contributed by atoms with E-state index in [9.17, 15) is 4.79 Å². The fourth-order valence-corrected chi connectivity index (χ4v) is 1.85. The number of nitriles is 1. The Bertz CT molecular complexity index is 502. The number of amides is 1. The highest BCUT2D eigenvalue weighted by Gasteiger charge is 2.18. The molecule has 0 heterocycles. The van der Waals surface area contributed by atoms with Crippen molar-refractivity contribution in [1.29, 1.82) is 5.26 Å². The fourth-order valence-electron chi connectivity index (χ4n) is 1.85. The number of nitrogens with one attached hydrogen (secondary N) is 1. The van der Waals surface area contributed by atoms with Gasteiger partial charge in [0.25, 0.3) is 5.91 Å². The highest BCUT2D eigenvalue weighted by molar-refractivity contribution is 5.81. The Morgan fingerprint density at radius 3 is 2.60 bits per heavy atom. The lowest BCUT2D eigenvalue weighted by atomic mass is 10.1. The van der Waals surface area contributed by atoms with Crippen LogP contribution in [0.5, 0.6) is 5.75 Å². The van der Waals surface area contributed by atoms with Crippen LogP contribution in [-0.4, -0.2) is 18.1 Å². The first kappa shape index (κ1) is 16.0. The molecule has 0 aliphatic heterocycles. The van der Waals surface area contributed by atoms with Gasteiger partial charge in [0.1, 0.15) is 5.75 Å². The predicted octanol–water partition coefficient (Wildman–Crippen LogP) is 2.94. The predicted molar refractivity (Wildman–Crippen MR) is 78.5 cm³/mol. The van der Waals surface area contributed by atoms with Gasteiger partial charge in [-0.25, -0.2) is 0 Å². The molecule has 4 nitrogen and oxygen atoms in total. The molecule has 0 saturated carbocycles. The number of benzene rings is 1. The van der Waals surface area contributed by atoms with Gasteiger partial charge in [0.15, 0.2) is 6.10 Å². The summed E-state index contributed by atoms with van der Waals surface area (Å²) in [4.78, 5) is 12.0. The van der Waals surface area contributed by atoms with Gasteiger partial charge in [-0.05, 0) is 44.4 Å². The molecule has 0 bridgehead atoms. The molecule has 1 amide bonds. The lowest BCUT2D eigenvalue weighted by molar-refractivity contribution is -0.128. The molecular formula is C16H22N2O2. The van der Waals surface area contributed by atoms with Crippen molar-refractivity contribution in [3.8, 4) is 11.8 Å². The largest absolute Gasteiger partial charge is 0.481 e. The van der Waals surface area contributed by atoms with Crippen LogP contribution in [0.25, 0.3) is 0 Å². The van der Waals surface area contributed by atoms with Crippen LogP contribution < -0.4 is 10.1 Å². The lowest BCUT2D eigenvalue weighted by Crippen LogP contribution is -2.42. The normalized spacial score (nSPS) is 11.8. The Balaban J connectivity index is 2.73. The van der Waals surface area contributed by atoms with Crippen molar-refractivity contribution in [2.45, 2.75) is 52.7 Å². The van der Waals surface area contributed by atoms with Crippen molar-refractivity contribution in [2.24, 2.45) is 0 Å². The van der Waals surface area contributed by atoms with Crippen LogP contribution in [0, 0.1) is 18.3 Å². The monoisotopic (exact) mass is 274 g/mol. The van der Waals surface area contributed by atoms with Crippen molar-refractivity contribution < 1.29 is 9.53 Å². The minimum atomic E-state index is -0.580. The second-order valence-electron chi connectivity index (χ2n) is 4.87. The fraction of sp³-hybridized carbons (Fsp3) is 0.500. The lowest BCUT2D eigenvalue weighted by Gasteiger charge is -2.20. The number of carbonyl (C=O) groups is 1. The molecule has 1 aromatic carbocycles. The van der Waals surface area contributed by atoms with Gasteiger partial charge < -0.3 is 10.1 Å². The molecule has 1 unspecified atom stereocenters. The second kappa shape index (κ2) is 7.54. The Hall–Kier alpha value is -2.02. The van der Waals surface area contributed by atoms with E-state index in [1.165, 1.54) is 0 Å². The van der Waals surface area contributed by atoms with Crippen molar-refractivity contribution in [3.05, 3.63) is 29.3 Å². The third-order valence-corrected chi connectivity index (χ3v) is 3.32. The van der Waals surface area contributed by atoms with Gasteiger partial charge in [0.05, 0.1) is 11.6 Å². The molecule has 1 atom stereocenters. The third kappa shape index (κ3) is 4.27. The van der Waals surface area contributed by atoms with Gasteiger partial charge in [-0.1, -0.05) is 19.9 Å². The summed E-state index contributed by atoms with van der Waals surface area (Å²) in [6.45, 7) is 7.69. The zero-order chi connectivity index (χ0) is 15.1. The second-order valence-corrected chi connectivity index (χ2v) is 4.87. The maximum atomic E-state index is 12.0. The quantitative estimate of drug-likeness (QED) is 0.867. The number of hydrogen-bond donors (Lipinski definition) is 1. The van der Waals surface area contributed by atoms with E-state index in [1.807, 2.05) is 26.8 Å². The number of rotatable bonds is 6. The molecule has 0 saturated heterocycles. The summed E-state index contributed by atoms with van der Waals surface area (Å²) in [6, 6.07) is 7.46. The van der Waals surface area contributed by atoms with Gasteiger partial charge in [-0.3, -0.25) is 4.79 Å². The van der Waals surface area contributed by atoms with E-state index in [0.29, 0.717) is 11.3 Å². The molecule has 1 rings (SSSR count). The molecule has 4 heteroatoms. The summed E-state index contributed by atoms with van der Waals surface area (Å²) in [7, 11) is 0. The molecule has 0 radical (unpaired) electrons. The van der Waals surface area contributed by atoms with Gasteiger partial charge in [0.2, 0.25) is 0 Å². The molecule has 1 aromatic rings. The van der Waals surface area contributed by atoms with Crippen LogP contribution in [0.15, 0.2) is 18.2 Å². The summed E-state index contributed by atoms with van der Waals surface area (Å²) in [5.74, 6) is 0.455. The smallest absolute Gasteiger partial charge is 0.260 e. The summed E-state index contributed by atoms with van der Waals surface area (Å²) in [6.07, 6.45) is 1.22. The SMILES string of the molecule is CCC(CC)NC(=O)C(C)Oc1cc(C#N)ccc1C. The molecule has 0 fully saturated rings. The summed E-state index contributed by atoms with van der Waals surface area (Å²) < 4.78 is 5.68. The Kier molecular flexibility index (Phi) is 6.05. The van der Waals surface area contributed by atoms with Crippen LogP contribution in [0.3, 0.4) is 0 Å². The van der Waals surface area contributed by atoms with Crippen molar-refractivity contribution in [3.63, 3.8) is 0 Å². The summed E-state index contributed by atoms with van der Waals surface area (Å²) in [5.41, 5.74) is 1.43. The molecule has 0 aromatic heterocycles. The van der Waals surface area contributed by atoms with E-state index in [-0.39, 0.29) is 11.9 Å². The molecule has 0 spiro atoms. The summed E-state index contributed by atoms with van der Waals surface area (Å²) >= 11 is 0. The van der Waals surface area contributed by atoms with E-state index < -0.39 is 6.10 Å². The molecular weight excluding hydrogens is 252 g/mol. The standard InChI is InChI=1S/C16H22N2O2/c1-5-14(6-2)18-16(19)12(4)20-15-9-13(10-17)8-7-11(15)3/h7-9,12,14H,5-6H2,1-4H3,(H,18,19). The van der Waals surface area contributed by atoms with Crippen molar-refractivity contribution >= 4 is 5.91 Å². The molecule has 108 valence electrons. The number of aryl methyl sites for hydroxylation is 1. The van der Waals surface area contributed by atoms with Crippen LogP contribution in [0.1, 0.15) is 44.7 Å². The number of carbonyl (C=O) groups excluding carboxylic acids is 1. The number of hydrogen-bond acceptors (Lipinski definition) is 3.